The van der Waals surface area contributed by atoms with Gasteiger partial charge in [-0.15, -0.1) is 0 Å². The number of fused-ring (bicyclic) bond motifs is 2. The Bertz CT molecular complexity index is 1530. The number of hydrogen-bond acceptors (Lipinski definition) is 9. The zero-order valence-electron chi connectivity index (χ0n) is 29.4. The van der Waals surface area contributed by atoms with Gasteiger partial charge in [0.2, 0.25) is 35.4 Å². The molecule has 0 spiro atoms. The highest BCUT2D eigenvalue weighted by molar-refractivity contribution is 5.98. The molecule has 51 heavy (non-hydrogen) atoms. The lowest BCUT2D eigenvalue weighted by atomic mass is 10.0. The van der Waals surface area contributed by atoms with Gasteiger partial charge in [0.15, 0.2) is 0 Å². The van der Waals surface area contributed by atoms with Gasteiger partial charge in [0.25, 0.3) is 0 Å². The Morgan fingerprint density at radius 2 is 1.71 bits per heavy atom. The first kappa shape index (κ1) is 38.7. The topological polar surface area (TPSA) is 195 Å². The number of cyclic esters (lactones) is 1. The molecule has 3 aliphatic heterocycles. The number of nitrogens with one attached hydrogen (secondary N) is 3. The van der Waals surface area contributed by atoms with Crippen LogP contribution in [0.25, 0.3) is 0 Å². The summed E-state index contributed by atoms with van der Waals surface area (Å²) in [6, 6.07) is 1.95. The quantitative estimate of drug-likeness (QED) is 0.158. The van der Waals surface area contributed by atoms with E-state index in [1.807, 2.05) is 0 Å². The highest BCUT2D eigenvalue weighted by Gasteiger charge is 2.45. The number of hydrogen-bond donors (Lipinski definition) is 4. The molecule has 276 valence electrons. The number of carbonyl (C=O) groups excluding carboxylic acids is 7. The van der Waals surface area contributed by atoms with Crippen LogP contribution in [0.5, 0.6) is 0 Å². The van der Waals surface area contributed by atoms with Crippen LogP contribution in [0.1, 0.15) is 52.0 Å². The molecule has 3 saturated heterocycles. The number of aliphatic hydroxyl groups is 1. The van der Waals surface area contributed by atoms with Gasteiger partial charge >= 0.3 is 5.97 Å². The number of carbonyl (C=O) groups is 7. The highest BCUT2D eigenvalue weighted by Crippen LogP contribution is 2.27. The Kier molecular flexibility index (Phi) is 13.5. The van der Waals surface area contributed by atoms with Crippen LogP contribution < -0.4 is 16.0 Å². The number of amides is 6. The van der Waals surface area contributed by atoms with Crippen molar-refractivity contribution in [1.29, 1.82) is 0 Å². The normalized spacial score (nSPS) is 27.3. The van der Waals surface area contributed by atoms with Crippen LogP contribution in [-0.2, 0) is 44.7 Å². The SMILES string of the molecule is CC1NC(=O)C(C)N(C)C(=O)C2CCC(C)N2C(=O)C(NC(=O)C(Cc2ccccc2)NC(=O)C=CC=CCO)COC(=O)C2CCCN2C1=O. The van der Waals surface area contributed by atoms with Gasteiger partial charge in [-0.25, -0.2) is 4.79 Å². The molecular weight excluding hydrogens is 660 g/mol. The molecule has 3 fully saturated rings. The molecule has 0 bridgehead atoms. The number of aliphatic hydroxyl groups excluding tert-OH is 1. The summed E-state index contributed by atoms with van der Waals surface area (Å²) in [7, 11) is 1.45. The van der Waals surface area contributed by atoms with Crippen molar-refractivity contribution in [2.45, 2.75) is 95.2 Å². The van der Waals surface area contributed by atoms with E-state index in [2.05, 4.69) is 16.0 Å². The lowest BCUT2D eigenvalue weighted by molar-refractivity contribution is -0.158. The summed E-state index contributed by atoms with van der Waals surface area (Å²) in [5.74, 6) is -4.36. The minimum Gasteiger partial charge on any atom is -0.461 e. The number of allylic oxidation sites excluding steroid dienone is 2. The predicted molar refractivity (Wildman–Crippen MR) is 184 cm³/mol. The van der Waals surface area contributed by atoms with Crippen molar-refractivity contribution in [1.82, 2.24) is 30.7 Å². The lowest BCUT2D eigenvalue weighted by Gasteiger charge is -2.36. The Morgan fingerprint density at radius 3 is 2.41 bits per heavy atom. The molecule has 0 radical (unpaired) electrons. The third kappa shape index (κ3) is 9.60. The van der Waals surface area contributed by atoms with Gasteiger partial charge in [0, 0.05) is 32.1 Å². The fraction of sp³-hybridized carbons (Fsp3) is 0.528. The van der Waals surface area contributed by atoms with Crippen LogP contribution in [-0.4, -0.2) is 130 Å². The molecule has 4 rings (SSSR count). The minimum atomic E-state index is -1.46. The minimum absolute atomic E-state index is 0.0583. The van der Waals surface area contributed by atoms with Crippen molar-refractivity contribution < 1.29 is 43.4 Å². The van der Waals surface area contributed by atoms with E-state index in [9.17, 15) is 33.6 Å². The molecule has 0 saturated carbocycles. The van der Waals surface area contributed by atoms with Gasteiger partial charge in [0.1, 0.15) is 42.9 Å². The Hall–Kier alpha value is -5.05. The van der Waals surface area contributed by atoms with Crippen LogP contribution in [0.4, 0.5) is 0 Å². The number of benzene rings is 1. The fourth-order valence-corrected chi connectivity index (χ4v) is 6.57. The summed E-state index contributed by atoms with van der Waals surface area (Å²) < 4.78 is 5.65. The van der Waals surface area contributed by atoms with Gasteiger partial charge in [-0.3, -0.25) is 28.8 Å². The third-order valence-corrected chi connectivity index (χ3v) is 9.58. The van der Waals surface area contributed by atoms with Crippen molar-refractivity contribution in [2.75, 3.05) is 26.8 Å². The van der Waals surface area contributed by atoms with Crippen LogP contribution in [0, 0.1) is 0 Å². The van der Waals surface area contributed by atoms with E-state index >= 15 is 0 Å². The summed E-state index contributed by atoms with van der Waals surface area (Å²) in [6.07, 6.45) is 7.11. The van der Waals surface area contributed by atoms with E-state index in [1.165, 1.54) is 59.9 Å². The number of likely N-dealkylation sites (N-methyl/N-ethyl adjacent to an activating group) is 1. The first-order chi connectivity index (χ1) is 24.3. The van der Waals surface area contributed by atoms with Gasteiger partial charge < -0.3 is 40.5 Å². The van der Waals surface area contributed by atoms with Crippen LogP contribution in [0.3, 0.4) is 0 Å². The summed E-state index contributed by atoms with van der Waals surface area (Å²) in [5, 5.41) is 16.9. The molecule has 15 heteroatoms. The Labute approximate surface area is 297 Å². The van der Waals surface area contributed by atoms with Crippen LogP contribution >= 0.6 is 0 Å². The molecule has 6 amide bonds. The fourth-order valence-electron chi connectivity index (χ4n) is 6.57. The van der Waals surface area contributed by atoms with E-state index in [-0.39, 0.29) is 19.6 Å². The summed E-state index contributed by atoms with van der Waals surface area (Å²) >= 11 is 0. The highest BCUT2D eigenvalue weighted by atomic mass is 16.5. The predicted octanol–water partition coefficient (Wildman–Crippen LogP) is -0.418. The number of ether oxygens (including phenoxy) is 1. The van der Waals surface area contributed by atoms with Crippen molar-refractivity contribution >= 4 is 41.4 Å². The zero-order valence-corrected chi connectivity index (χ0v) is 29.4. The monoisotopic (exact) mass is 708 g/mol. The second kappa shape index (κ2) is 17.7. The largest absolute Gasteiger partial charge is 0.461 e. The summed E-state index contributed by atoms with van der Waals surface area (Å²) in [4.78, 5) is 99.0. The second-order valence-corrected chi connectivity index (χ2v) is 13.1. The van der Waals surface area contributed by atoms with Crippen molar-refractivity contribution in [2.24, 2.45) is 0 Å². The van der Waals surface area contributed by atoms with Gasteiger partial charge in [-0.1, -0.05) is 48.6 Å². The lowest BCUT2D eigenvalue weighted by Crippen LogP contribution is -2.61. The average Bonchev–Trinajstić information content (AvgIpc) is 3.77. The first-order valence-electron chi connectivity index (χ1n) is 17.3. The maximum Gasteiger partial charge on any atom is 0.328 e. The summed E-state index contributed by atoms with van der Waals surface area (Å²) in [5.41, 5.74) is 0.720. The van der Waals surface area contributed by atoms with E-state index in [1.54, 1.807) is 37.3 Å². The molecule has 7 atom stereocenters. The van der Waals surface area contributed by atoms with E-state index in [0.29, 0.717) is 25.7 Å². The number of nitrogens with zero attached hydrogens (tertiary/aromatic N) is 3. The molecule has 0 aromatic heterocycles. The van der Waals surface area contributed by atoms with Crippen molar-refractivity contribution in [3.8, 4) is 0 Å². The molecule has 3 heterocycles. The van der Waals surface area contributed by atoms with Crippen molar-refractivity contribution in [3.63, 3.8) is 0 Å². The van der Waals surface area contributed by atoms with Gasteiger partial charge in [0.05, 0.1) is 6.61 Å². The molecule has 7 unspecified atom stereocenters. The van der Waals surface area contributed by atoms with Gasteiger partial charge in [-0.05, 0) is 52.0 Å². The molecular formula is C36H48N6O9. The molecule has 1 aromatic carbocycles. The average molecular weight is 709 g/mol. The number of esters is 1. The smallest absolute Gasteiger partial charge is 0.328 e. The second-order valence-electron chi connectivity index (χ2n) is 13.1. The zero-order chi connectivity index (χ0) is 37.2. The van der Waals surface area contributed by atoms with Crippen LogP contribution in [0.15, 0.2) is 54.6 Å². The standard InChI is InChI=1S/C36H48N6O9/c1-22-16-17-28-35(49)40(4)24(3)31(45)37-23(2)33(47)41-18-11-14-29(41)36(50)51-21-27(34(48)42(22)28)39-32(46)26(20-25-12-7-5-8-13-25)38-30(44)15-9-6-10-19-43/h5-10,12-13,15,22-24,26-29,43H,11,14,16-21H2,1-4H3,(H,37,45)(H,38,44)(H,39,46). The third-order valence-electron chi connectivity index (χ3n) is 9.58. The van der Waals surface area contributed by atoms with E-state index < -0.39 is 90.3 Å². The van der Waals surface area contributed by atoms with Crippen LogP contribution in [0.2, 0.25) is 0 Å². The summed E-state index contributed by atoms with van der Waals surface area (Å²) in [6.45, 7) is 4.24. The maximum absolute atomic E-state index is 14.4. The number of rotatable bonds is 8. The molecule has 3 aliphatic rings. The Balaban J connectivity index is 1.67. The maximum atomic E-state index is 14.4. The Morgan fingerprint density at radius 1 is 0.980 bits per heavy atom. The molecule has 0 aliphatic carbocycles. The molecule has 1 aromatic rings. The molecule has 4 N–H and O–H groups in total. The van der Waals surface area contributed by atoms with E-state index in [4.69, 9.17) is 9.84 Å². The molecule has 15 nitrogen and oxygen atoms in total. The first-order valence-corrected chi connectivity index (χ1v) is 17.3. The van der Waals surface area contributed by atoms with E-state index in [0.717, 1.165) is 5.56 Å². The van der Waals surface area contributed by atoms with Crippen molar-refractivity contribution in [3.05, 3.63) is 60.2 Å². The van der Waals surface area contributed by atoms with Gasteiger partial charge in [-0.2, -0.15) is 0 Å².